The zero-order chi connectivity index (χ0) is 17.5. The van der Waals surface area contributed by atoms with E-state index in [2.05, 4.69) is 15.6 Å². The van der Waals surface area contributed by atoms with Gasteiger partial charge in [0.25, 0.3) is 0 Å². The van der Waals surface area contributed by atoms with E-state index in [4.69, 9.17) is 10.2 Å². The molecule has 0 fully saturated rings. The molecule has 1 atom stereocenters. The first-order valence-corrected chi connectivity index (χ1v) is 7.88. The molecule has 4 N–H and O–H groups in total. The number of aryl methyl sites for hydroxylation is 1. The van der Waals surface area contributed by atoms with Crippen LogP contribution in [0.4, 0.5) is 5.82 Å². The van der Waals surface area contributed by atoms with Crippen molar-refractivity contribution in [2.45, 2.75) is 45.8 Å². The predicted octanol–water partition coefficient (Wildman–Crippen LogP) is 1.17. The van der Waals surface area contributed by atoms with Crippen LogP contribution in [0.3, 0.4) is 0 Å². The number of furan rings is 1. The minimum Gasteiger partial charge on any atom is -0.465 e. The summed E-state index contributed by atoms with van der Waals surface area (Å²) < 4.78 is 6.97. The second-order valence-corrected chi connectivity index (χ2v) is 5.60. The number of nitrogens with one attached hydrogen (secondary N) is 2. The maximum absolute atomic E-state index is 11.9. The molecule has 0 radical (unpaired) electrons. The van der Waals surface area contributed by atoms with E-state index in [1.807, 2.05) is 26.0 Å². The molecule has 0 bridgehead atoms. The molecule has 2 aromatic rings. The lowest BCUT2D eigenvalue weighted by atomic mass is 10.2. The van der Waals surface area contributed by atoms with Crippen molar-refractivity contribution >= 4 is 17.6 Å². The number of nitrogens with zero attached hydrogens (tertiary/aromatic N) is 2. The van der Waals surface area contributed by atoms with Gasteiger partial charge in [0.15, 0.2) is 5.82 Å². The van der Waals surface area contributed by atoms with E-state index < -0.39 is 6.04 Å². The summed E-state index contributed by atoms with van der Waals surface area (Å²) in [6, 6.07) is 3.11. The number of hydrogen-bond acceptors (Lipinski definition) is 5. The lowest BCUT2D eigenvalue weighted by Gasteiger charge is -2.08. The summed E-state index contributed by atoms with van der Waals surface area (Å²) in [6.07, 6.45) is 4.52. The Morgan fingerprint density at radius 1 is 1.42 bits per heavy atom. The van der Waals surface area contributed by atoms with Crippen molar-refractivity contribution < 1.29 is 14.0 Å². The largest absolute Gasteiger partial charge is 0.465 e. The fourth-order valence-electron chi connectivity index (χ4n) is 2.16. The number of carbonyl (C=O) groups excluding carboxylic acids is 2. The molecule has 0 saturated heterocycles. The van der Waals surface area contributed by atoms with Gasteiger partial charge in [0, 0.05) is 6.20 Å². The third-order valence-electron chi connectivity index (χ3n) is 3.40. The van der Waals surface area contributed by atoms with Crippen LogP contribution in [0.5, 0.6) is 0 Å². The minimum absolute atomic E-state index is 0.101. The second kappa shape index (κ2) is 8.30. The zero-order valence-corrected chi connectivity index (χ0v) is 13.9. The Labute approximate surface area is 140 Å². The lowest BCUT2D eigenvalue weighted by Crippen LogP contribution is -2.35. The van der Waals surface area contributed by atoms with Crippen LogP contribution in [-0.4, -0.2) is 27.4 Å². The van der Waals surface area contributed by atoms with Gasteiger partial charge in [-0.05, 0) is 25.5 Å². The van der Waals surface area contributed by atoms with Crippen LogP contribution >= 0.6 is 0 Å². The van der Waals surface area contributed by atoms with Gasteiger partial charge in [0.2, 0.25) is 11.8 Å². The molecule has 8 heteroatoms. The molecular formula is C16H23N5O3. The second-order valence-electron chi connectivity index (χ2n) is 5.60. The topological polar surface area (TPSA) is 115 Å². The van der Waals surface area contributed by atoms with Crippen molar-refractivity contribution in [2.75, 3.05) is 5.32 Å². The van der Waals surface area contributed by atoms with Crippen LogP contribution in [0.15, 0.2) is 29.1 Å². The van der Waals surface area contributed by atoms with Crippen LogP contribution in [0.2, 0.25) is 0 Å². The van der Waals surface area contributed by atoms with Crippen LogP contribution < -0.4 is 16.4 Å². The van der Waals surface area contributed by atoms with Gasteiger partial charge >= 0.3 is 0 Å². The Hall–Kier alpha value is -2.61. The third kappa shape index (κ3) is 5.24. The molecule has 0 aliphatic heterocycles. The van der Waals surface area contributed by atoms with Gasteiger partial charge in [-0.25, -0.2) is 4.98 Å². The van der Waals surface area contributed by atoms with Crippen LogP contribution in [0, 0.1) is 6.92 Å². The molecule has 2 aromatic heterocycles. The summed E-state index contributed by atoms with van der Waals surface area (Å²) in [6.45, 7) is 4.24. The Morgan fingerprint density at radius 2 is 2.21 bits per heavy atom. The van der Waals surface area contributed by atoms with Crippen LogP contribution in [-0.2, 0) is 22.7 Å². The molecule has 0 aliphatic rings. The van der Waals surface area contributed by atoms with Gasteiger partial charge in [0.05, 0.1) is 18.9 Å². The normalized spacial score (nSPS) is 12.0. The van der Waals surface area contributed by atoms with Gasteiger partial charge in [0.1, 0.15) is 18.1 Å². The number of nitrogens with two attached hydrogens (primary N) is 1. The first-order chi connectivity index (χ1) is 11.5. The number of hydrogen-bond donors (Lipinski definition) is 3. The van der Waals surface area contributed by atoms with Gasteiger partial charge in [-0.3, -0.25) is 9.59 Å². The summed E-state index contributed by atoms with van der Waals surface area (Å²) in [4.78, 5) is 27.8. The number of aromatic nitrogens is 2. The van der Waals surface area contributed by atoms with Crippen molar-refractivity contribution in [3.63, 3.8) is 0 Å². The fourth-order valence-corrected chi connectivity index (χ4v) is 2.16. The number of carbonyl (C=O) groups is 2. The standard InChI is InChI=1S/C16H23N5O3/c1-3-4-13(17)16(23)20-14-8-21(10-19-14)9-15(22)18-7-12-6-5-11(2)24-12/h5-6,8,10,13H,3-4,7,9,17H2,1-2H3,(H,18,22)(H,20,23)/t13-/m0/s1. The molecular weight excluding hydrogens is 310 g/mol. The smallest absolute Gasteiger partial charge is 0.242 e. The maximum Gasteiger partial charge on any atom is 0.242 e. The average Bonchev–Trinajstić information content (AvgIpc) is 3.14. The van der Waals surface area contributed by atoms with Crippen LogP contribution in [0.25, 0.3) is 0 Å². The van der Waals surface area contributed by atoms with Gasteiger partial charge in [-0.15, -0.1) is 0 Å². The highest BCUT2D eigenvalue weighted by Gasteiger charge is 2.14. The number of anilines is 1. The molecule has 24 heavy (non-hydrogen) atoms. The quantitative estimate of drug-likeness (QED) is 0.670. The maximum atomic E-state index is 11.9. The van der Waals surface area contributed by atoms with Crippen molar-refractivity contribution in [3.05, 3.63) is 36.2 Å². The summed E-state index contributed by atoms with van der Waals surface area (Å²) in [5.74, 6) is 1.42. The van der Waals surface area contributed by atoms with Crippen molar-refractivity contribution in [1.29, 1.82) is 0 Å². The Kier molecular flexibility index (Phi) is 6.14. The predicted molar refractivity (Wildman–Crippen MR) is 89.0 cm³/mol. The Morgan fingerprint density at radius 3 is 2.88 bits per heavy atom. The lowest BCUT2D eigenvalue weighted by molar-refractivity contribution is -0.122. The average molecular weight is 333 g/mol. The first-order valence-electron chi connectivity index (χ1n) is 7.88. The van der Waals surface area contributed by atoms with Crippen LogP contribution in [0.1, 0.15) is 31.3 Å². The van der Waals surface area contributed by atoms with E-state index in [-0.39, 0.29) is 18.4 Å². The molecule has 2 amide bonds. The Balaban J connectivity index is 1.80. The zero-order valence-electron chi connectivity index (χ0n) is 13.9. The van der Waals surface area contributed by atoms with E-state index in [1.165, 1.54) is 6.33 Å². The van der Waals surface area contributed by atoms with Crippen molar-refractivity contribution in [3.8, 4) is 0 Å². The molecule has 0 aromatic carbocycles. The molecule has 2 heterocycles. The molecule has 0 unspecified atom stereocenters. The van der Waals surface area contributed by atoms with E-state index >= 15 is 0 Å². The number of imidazole rings is 1. The summed E-state index contributed by atoms with van der Waals surface area (Å²) in [5, 5.41) is 5.40. The highest BCUT2D eigenvalue weighted by molar-refractivity contribution is 5.93. The first kappa shape index (κ1) is 17.7. The van der Waals surface area contributed by atoms with Gasteiger partial charge in [-0.1, -0.05) is 13.3 Å². The Bertz CT molecular complexity index is 691. The molecule has 0 saturated carbocycles. The molecule has 0 spiro atoms. The molecule has 8 nitrogen and oxygen atoms in total. The van der Waals surface area contributed by atoms with E-state index in [0.717, 1.165) is 12.2 Å². The molecule has 2 rings (SSSR count). The molecule has 130 valence electrons. The summed E-state index contributed by atoms with van der Waals surface area (Å²) in [5.41, 5.74) is 5.74. The number of rotatable bonds is 8. The summed E-state index contributed by atoms with van der Waals surface area (Å²) in [7, 11) is 0. The SMILES string of the molecule is CCC[C@H](N)C(=O)Nc1cn(CC(=O)NCc2ccc(C)o2)cn1. The highest BCUT2D eigenvalue weighted by Crippen LogP contribution is 2.06. The summed E-state index contributed by atoms with van der Waals surface area (Å²) >= 11 is 0. The van der Waals surface area contributed by atoms with Crippen molar-refractivity contribution in [2.24, 2.45) is 5.73 Å². The number of amides is 2. The monoisotopic (exact) mass is 333 g/mol. The fraction of sp³-hybridized carbons (Fsp3) is 0.438. The minimum atomic E-state index is -0.555. The van der Waals surface area contributed by atoms with E-state index in [0.29, 0.717) is 24.5 Å². The highest BCUT2D eigenvalue weighted by atomic mass is 16.3. The van der Waals surface area contributed by atoms with Gasteiger partial charge in [-0.2, -0.15) is 0 Å². The molecule has 0 aliphatic carbocycles. The van der Waals surface area contributed by atoms with E-state index in [1.54, 1.807) is 10.8 Å². The third-order valence-corrected chi connectivity index (χ3v) is 3.40. The van der Waals surface area contributed by atoms with E-state index in [9.17, 15) is 9.59 Å². The van der Waals surface area contributed by atoms with Gasteiger partial charge < -0.3 is 25.4 Å². The van der Waals surface area contributed by atoms with Crippen molar-refractivity contribution in [1.82, 2.24) is 14.9 Å².